The number of benzene rings is 2. The predicted molar refractivity (Wildman–Crippen MR) is 155 cm³/mol. The van der Waals surface area contributed by atoms with E-state index in [0.29, 0.717) is 32.5 Å². The summed E-state index contributed by atoms with van der Waals surface area (Å²) in [5, 5.41) is 11.6. The largest absolute Gasteiger partial charge is 0.377 e. The fraction of sp³-hybridized carbons (Fsp3) is 0.581. The lowest BCUT2D eigenvalue weighted by Crippen LogP contribution is -2.55. The second kappa shape index (κ2) is 13.4. The van der Waals surface area contributed by atoms with E-state index < -0.39 is 17.5 Å². The summed E-state index contributed by atoms with van der Waals surface area (Å²) in [5.41, 5.74) is 0.143. The molecule has 0 saturated carbocycles. The monoisotopic (exact) mass is 538 g/mol. The molecule has 3 N–H and O–H groups in total. The van der Waals surface area contributed by atoms with Crippen LogP contribution in [-0.2, 0) is 25.5 Å². The summed E-state index contributed by atoms with van der Waals surface area (Å²) in [6.45, 7) is 12.1. The Hall–Kier alpha value is -2.97. The third kappa shape index (κ3) is 8.77. The number of carbonyl (C=O) groups excluding carboxylic acids is 3. The molecule has 1 heterocycles. The maximum atomic E-state index is 13.4. The highest BCUT2D eigenvalue weighted by Gasteiger charge is 2.39. The van der Waals surface area contributed by atoms with Gasteiger partial charge in [-0.25, -0.2) is 0 Å². The van der Waals surface area contributed by atoms with Crippen LogP contribution >= 0.6 is 0 Å². The van der Waals surface area contributed by atoms with E-state index >= 15 is 0 Å². The molecule has 8 nitrogen and oxygen atoms in total. The number of nitrogens with zero attached hydrogens (tertiary/aromatic N) is 1. The van der Waals surface area contributed by atoms with Gasteiger partial charge in [0.25, 0.3) is 0 Å². The molecule has 8 heteroatoms. The van der Waals surface area contributed by atoms with E-state index in [1.165, 1.54) is 0 Å². The van der Waals surface area contributed by atoms with Crippen molar-refractivity contribution in [3.63, 3.8) is 0 Å². The fourth-order valence-electron chi connectivity index (χ4n) is 4.80. The average molecular weight is 539 g/mol. The van der Waals surface area contributed by atoms with Crippen LogP contribution in [0.2, 0.25) is 0 Å². The Morgan fingerprint density at radius 3 is 2.44 bits per heavy atom. The summed E-state index contributed by atoms with van der Waals surface area (Å²) in [4.78, 5) is 41.4. The lowest BCUT2D eigenvalue weighted by molar-refractivity contribution is -0.145. The summed E-state index contributed by atoms with van der Waals surface area (Å²) in [5.74, 6) is -0.533. The standard InChI is InChI=1S/C31H46N4O4/c1-30(2,3)29(38)35-18-9-13-26(35)28(37)34-25(20-22-14-15-23-11-7-8-12-24(23)19-22)27(36)33-17-10-16-32-21-31(4,5)39-6/h7-8,11-12,14-15,19,25-26,32H,9-10,13,16-18,20-21H2,1-6H3,(H,33,36)(H,34,37). The second-order valence-corrected chi connectivity index (χ2v) is 12.1. The molecule has 1 saturated heterocycles. The van der Waals surface area contributed by atoms with Gasteiger partial charge in [-0.3, -0.25) is 14.4 Å². The first-order valence-electron chi connectivity index (χ1n) is 14.0. The molecule has 0 radical (unpaired) electrons. The second-order valence-electron chi connectivity index (χ2n) is 12.1. The van der Waals surface area contributed by atoms with Crippen molar-refractivity contribution in [1.82, 2.24) is 20.9 Å². The molecule has 1 aliphatic rings. The number of carbonyl (C=O) groups is 3. The summed E-state index contributed by atoms with van der Waals surface area (Å²) >= 11 is 0. The van der Waals surface area contributed by atoms with E-state index in [0.717, 1.165) is 35.7 Å². The summed E-state index contributed by atoms with van der Waals surface area (Å²) in [6, 6.07) is 12.9. The van der Waals surface area contributed by atoms with Gasteiger partial charge in [-0.05, 0) is 56.0 Å². The molecule has 2 aromatic carbocycles. The molecular formula is C31H46N4O4. The molecule has 0 aliphatic carbocycles. The molecule has 214 valence electrons. The first-order valence-corrected chi connectivity index (χ1v) is 14.0. The fourth-order valence-corrected chi connectivity index (χ4v) is 4.80. The van der Waals surface area contributed by atoms with Gasteiger partial charge in [-0.1, -0.05) is 63.2 Å². The number of nitrogens with one attached hydrogen (secondary N) is 3. The van der Waals surface area contributed by atoms with Crippen LogP contribution in [0.25, 0.3) is 10.8 Å². The molecule has 0 bridgehead atoms. The van der Waals surface area contributed by atoms with Crippen molar-refractivity contribution in [1.29, 1.82) is 0 Å². The van der Waals surface area contributed by atoms with Gasteiger partial charge in [0, 0.05) is 38.6 Å². The number of ether oxygens (including phenoxy) is 1. The highest BCUT2D eigenvalue weighted by molar-refractivity contribution is 5.93. The number of fused-ring (bicyclic) bond motifs is 1. The van der Waals surface area contributed by atoms with Crippen LogP contribution < -0.4 is 16.0 Å². The molecule has 3 rings (SSSR count). The Morgan fingerprint density at radius 2 is 1.74 bits per heavy atom. The van der Waals surface area contributed by atoms with Crippen LogP contribution in [0, 0.1) is 5.41 Å². The minimum atomic E-state index is -0.744. The van der Waals surface area contributed by atoms with Gasteiger partial charge < -0.3 is 25.6 Å². The van der Waals surface area contributed by atoms with Crippen molar-refractivity contribution in [2.24, 2.45) is 5.41 Å². The quantitative estimate of drug-likeness (QED) is 0.360. The molecule has 0 spiro atoms. The number of rotatable bonds is 12. The van der Waals surface area contributed by atoms with E-state index in [2.05, 4.69) is 22.0 Å². The van der Waals surface area contributed by atoms with E-state index in [1.807, 2.05) is 71.0 Å². The van der Waals surface area contributed by atoms with Crippen molar-refractivity contribution >= 4 is 28.5 Å². The molecular weight excluding hydrogens is 492 g/mol. The van der Waals surface area contributed by atoms with Crippen molar-refractivity contribution in [2.45, 2.75) is 78.0 Å². The molecule has 0 aromatic heterocycles. The molecule has 2 atom stereocenters. The predicted octanol–water partition coefficient (Wildman–Crippen LogP) is 3.43. The lowest BCUT2D eigenvalue weighted by atomic mass is 9.94. The zero-order chi connectivity index (χ0) is 28.6. The van der Waals surface area contributed by atoms with E-state index in [-0.39, 0.29) is 23.3 Å². The number of hydrogen-bond acceptors (Lipinski definition) is 5. The van der Waals surface area contributed by atoms with E-state index in [1.54, 1.807) is 12.0 Å². The first kappa shape index (κ1) is 30.6. The van der Waals surface area contributed by atoms with Gasteiger partial charge in [-0.2, -0.15) is 0 Å². The Labute approximate surface area is 233 Å². The SMILES string of the molecule is COC(C)(C)CNCCCNC(=O)C(Cc1ccc2ccccc2c1)NC(=O)C1CCCN1C(=O)C(C)(C)C. The molecule has 2 unspecified atom stereocenters. The first-order chi connectivity index (χ1) is 18.4. The van der Waals surface area contributed by atoms with Crippen LogP contribution in [0.1, 0.15) is 59.4 Å². The summed E-state index contributed by atoms with van der Waals surface area (Å²) in [7, 11) is 1.69. The number of hydrogen-bond donors (Lipinski definition) is 3. The van der Waals surface area contributed by atoms with Crippen LogP contribution in [0.4, 0.5) is 0 Å². The van der Waals surface area contributed by atoms with Crippen LogP contribution in [-0.4, -0.2) is 73.6 Å². The van der Waals surface area contributed by atoms with E-state index in [9.17, 15) is 14.4 Å². The number of likely N-dealkylation sites (tertiary alicyclic amines) is 1. The average Bonchev–Trinajstić information content (AvgIpc) is 3.39. The molecule has 1 fully saturated rings. The normalized spacial score (nSPS) is 16.8. The third-order valence-electron chi connectivity index (χ3n) is 7.28. The van der Waals surface area contributed by atoms with Crippen molar-refractivity contribution in [3.8, 4) is 0 Å². The van der Waals surface area contributed by atoms with Gasteiger partial charge in [0.1, 0.15) is 12.1 Å². The lowest BCUT2D eigenvalue weighted by Gasteiger charge is -2.31. The molecule has 39 heavy (non-hydrogen) atoms. The Balaban J connectivity index is 1.67. The topological polar surface area (TPSA) is 99.8 Å². The maximum Gasteiger partial charge on any atom is 0.243 e. The highest BCUT2D eigenvalue weighted by atomic mass is 16.5. The molecule has 3 amide bonds. The van der Waals surface area contributed by atoms with Gasteiger partial charge in [0.15, 0.2) is 0 Å². The summed E-state index contributed by atoms with van der Waals surface area (Å²) < 4.78 is 5.42. The van der Waals surface area contributed by atoms with E-state index in [4.69, 9.17) is 4.74 Å². The van der Waals surface area contributed by atoms with Gasteiger partial charge in [0.2, 0.25) is 17.7 Å². The minimum absolute atomic E-state index is 0.0418. The number of amides is 3. The van der Waals surface area contributed by atoms with Crippen LogP contribution in [0.15, 0.2) is 42.5 Å². The Morgan fingerprint density at radius 1 is 1.03 bits per heavy atom. The van der Waals surface area contributed by atoms with Gasteiger partial charge >= 0.3 is 0 Å². The maximum absolute atomic E-state index is 13.4. The van der Waals surface area contributed by atoms with Crippen LogP contribution in [0.5, 0.6) is 0 Å². The smallest absolute Gasteiger partial charge is 0.243 e. The zero-order valence-electron chi connectivity index (χ0n) is 24.4. The number of methoxy groups -OCH3 is 1. The van der Waals surface area contributed by atoms with Crippen molar-refractivity contribution in [3.05, 3.63) is 48.0 Å². The minimum Gasteiger partial charge on any atom is -0.377 e. The third-order valence-corrected chi connectivity index (χ3v) is 7.28. The van der Waals surface area contributed by atoms with Gasteiger partial charge in [-0.15, -0.1) is 0 Å². The van der Waals surface area contributed by atoms with Gasteiger partial charge in [0.05, 0.1) is 5.60 Å². The van der Waals surface area contributed by atoms with Crippen LogP contribution in [0.3, 0.4) is 0 Å². The summed E-state index contributed by atoms with van der Waals surface area (Å²) in [6.07, 6.45) is 2.48. The van der Waals surface area contributed by atoms with Crippen molar-refractivity contribution in [2.75, 3.05) is 33.3 Å². The van der Waals surface area contributed by atoms with Crippen molar-refractivity contribution < 1.29 is 19.1 Å². The Kier molecular flexibility index (Phi) is 10.5. The Bertz CT molecular complexity index is 1140. The zero-order valence-corrected chi connectivity index (χ0v) is 24.4. The highest BCUT2D eigenvalue weighted by Crippen LogP contribution is 2.26. The molecule has 2 aromatic rings. The molecule has 1 aliphatic heterocycles.